The van der Waals surface area contributed by atoms with Gasteiger partial charge in [0.1, 0.15) is 5.82 Å². The molecule has 2 aromatic rings. The molecule has 1 saturated heterocycles. The highest BCUT2D eigenvalue weighted by Gasteiger charge is 2.17. The minimum atomic E-state index is 0.331. The van der Waals surface area contributed by atoms with Crippen molar-refractivity contribution in [2.24, 2.45) is 0 Å². The molecule has 0 radical (unpaired) electrons. The molecular formula is C24H35BrN6. The van der Waals surface area contributed by atoms with E-state index in [0.29, 0.717) is 12.0 Å². The van der Waals surface area contributed by atoms with Gasteiger partial charge in [-0.1, -0.05) is 22.9 Å². The second kappa shape index (κ2) is 10.5. The van der Waals surface area contributed by atoms with Crippen LogP contribution in [0.3, 0.4) is 0 Å². The van der Waals surface area contributed by atoms with Gasteiger partial charge < -0.3 is 20.0 Å². The second-order valence-corrected chi connectivity index (χ2v) is 9.65. The van der Waals surface area contributed by atoms with Gasteiger partial charge in [-0.25, -0.2) is 4.98 Å². The van der Waals surface area contributed by atoms with Gasteiger partial charge in [-0.15, -0.1) is 0 Å². The number of aryl methyl sites for hydroxylation is 1. The van der Waals surface area contributed by atoms with Crippen molar-refractivity contribution in [3.05, 3.63) is 40.0 Å². The van der Waals surface area contributed by atoms with Gasteiger partial charge in [0.05, 0.1) is 5.69 Å². The molecule has 0 aliphatic carbocycles. The summed E-state index contributed by atoms with van der Waals surface area (Å²) in [5.74, 6) is 1.54. The summed E-state index contributed by atoms with van der Waals surface area (Å²) >= 11 is 3.55. The van der Waals surface area contributed by atoms with Gasteiger partial charge >= 0.3 is 0 Å². The number of nitrogens with zero attached hydrogens (tertiary/aromatic N) is 5. The largest absolute Gasteiger partial charge is 0.369 e. The zero-order chi connectivity index (χ0) is 22.5. The van der Waals surface area contributed by atoms with Crippen LogP contribution in [0, 0.1) is 6.92 Å². The molecule has 31 heavy (non-hydrogen) atoms. The van der Waals surface area contributed by atoms with E-state index in [4.69, 9.17) is 9.97 Å². The van der Waals surface area contributed by atoms with Crippen LogP contribution in [0.5, 0.6) is 0 Å². The number of allylic oxidation sites excluding steroid dienone is 1. The normalized spacial score (nSPS) is 15.5. The Morgan fingerprint density at radius 1 is 1.16 bits per heavy atom. The first-order valence-corrected chi connectivity index (χ1v) is 11.9. The molecule has 6 nitrogen and oxygen atoms in total. The molecule has 1 aromatic carbocycles. The summed E-state index contributed by atoms with van der Waals surface area (Å²) in [6.07, 6.45) is 2.08. The molecule has 2 heterocycles. The minimum absolute atomic E-state index is 0.331. The van der Waals surface area contributed by atoms with Gasteiger partial charge in [-0.05, 0) is 69.1 Å². The number of anilines is 4. The Balaban J connectivity index is 1.80. The van der Waals surface area contributed by atoms with E-state index in [1.807, 2.05) is 13.8 Å². The highest BCUT2D eigenvalue weighted by Crippen LogP contribution is 2.28. The number of rotatable bonds is 7. The Morgan fingerprint density at radius 2 is 1.81 bits per heavy atom. The van der Waals surface area contributed by atoms with E-state index < -0.39 is 0 Å². The van der Waals surface area contributed by atoms with Crippen molar-refractivity contribution in [3.63, 3.8) is 0 Å². The summed E-state index contributed by atoms with van der Waals surface area (Å²) in [7, 11) is 2.07. The van der Waals surface area contributed by atoms with Gasteiger partial charge in [0.15, 0.2) is 0 Å². The van der Waals surface area contributed by atoms with E-state index in [9.17, 15) is 0 Å². The fraction of sp³-hybridized carbons (Fsp3) is 0.500. The molecule has 3 rings (SSSR count). The summed E-state index contributed by atoms with van der Waals surface area (Å²) in [4.78, 5) is 16.7. The summed E-state index contributed by atoms with van der Waals surface area (Å²) in [5, 5.41) is 3.40. The van der Waals surface area contributed by atoms with Crippen LogP contribution in [0.15, 0.2) is 28.7 Å². The van der Waals surface area contributed by atoms with Crippen LogP contribution in [0.4, 0.5) is 23.1 Å². The number of likely N-dealkylation sites (N-methyl/N-ethyl adjacent to an activating group) is 1. The maximum Gasteiger partial charge on any atom is 0.229 e. The van der Waals surface area contributed by atoms with Gasteiger partial charge in [-0.2, -0.15) is 4.98 Å². The molecule has 1 N–H and O–H groups in total. The lowest BCUT2D eigenvalue weighted by molar-refractivity contribution is 0.271. The van der Waals surface area contributed by atoms with Crippen LogP contribution in [0.2, 0.25) is 0 Å². The Kier molecular flexibility index (Phi) is 7.94. The van der Waals surface area contributed by atoms with Gasteiger partial charge in [0.25, 0.3) is 0 Å². The lowest BCUT2D eigenvalue weighted by Crippen LogP contribution is -2.46. The first kappa shape index (κ1) is 23.5. The maximum absolute atomic E-state index is 4.86. The van der Waals surface area contributed by atoms with Crippen LogP contribution < -0.4 is 15.1 Å². The standard InChI is InChI=1S/C24H35BrN6/c1-7-30-12-14-31(15-13-30)21-10-8-20(9-11-21)27-24-26-19(5)22(16-18(4)25)23(28-24)29(6)17(2)3/h8-11,16-17H,7,12-15H2,1-6H3,(H,26,27,28)/b18-16+. The first-order valence-electron chi connectivity index (χ1n) is 11.1. The number of nitrogens with one attached hydrogen (secondary N) is 1. The lowest BCUT2D eigenvalue weighted by Gasteiger charge is -2.35. The highest BCUT2D eigenvalue weighted by atomic mass is 79.9. The fourth-order valence-electron chi connectivity index (χ4n) is 3.71. The zero-order valence-electron chi connectivity index (χ0n) is 19.6. The van der Waals surface area contributed by atoms with Crippen molar-refractivity contribution in [2.45, 2.75) is 40.7 Å². The molecule has 1 aromatic heterocycles. The van der Waals surface area contributed by atoms with E-state index in [-0.39, 0.29) is 0 Å². The summed E-state index contributed by atoms with van der Waals surface area (Å²) < 4.78 is 1.05. The number of hydrogen-bond acceptors (Lipinski definition) is 6. The monoisotopic (exact) mass is 486 g/mol. The Hall–Kier alpha value is -2.12. The van der Waals surface area contributed by atoms with Crippen LogP contribution >= 0.6 is 15.9 Å². The second-order valence-electron chi connectivity index (χ2n) is 8.40. The molecule has 0 saturated carbocycles. The quantitative estimate of drug-likeness (QED) is 0.574. The molecule has 1 fully saturated rings. The molecule has 0 atom stereocenters. The Bertz CT molecular complexity index is 897. The van der Waals surface area contributed by atoms with Crippen LogP contribution in [0.25, 0.3) is 6.08 Å². The molecule has 168 valence electrons. The topological polar surface area (TPSA) is 47.5 Å². The van der Waals surface area contributed by atoms with Crippen LogP contribution in [-0.2, 0) is 0 Å². The van der Waals surface area contributed by atoms with E-state index in [2.05, 4.69) is 94.1 Å². The molecule has 0 amide bonds. The van der Waals surface area contributed by atoms with Crippen molar-refractivity contribution in [2.75, 3.05) is 54.9 Å². The van der Waals surface area contributed by atoms with Gasteiger partial charge in [-0.3, -0.25) is 0 Å². The zero-order valence-corrected chi connectivity index (χ0v) is 21.2. The summed E-state index contributed by atoms with van der Waals surface area (Å²) in [5.41, 5.74) is 4.25. The number of benzene rings is 1. The average molecular weight is 487 g/mol. The predicted molar refractivity (Wildman–Crippen MR) is 137 cm³/mol. The predicted octanol–water partition coefficient (Wildman–Crippen LogP) is 5.27. The lowest BCUT2D eigenvalue weighted by atomic mass is 10.1. The van der Waals surface area contributed by atoms with E-state index >= 15 is 0 Å². The third-order valence-electron chi connectivity index (χ3n) is 5.88. The molecular weight excluding hydrogens is 452 g/mol. The molecule has 0 unspecified atom stereocenters. The Morgan fingerprint density at radius 3 is 2.35 bits per heavy atom. The van der Waals surface area contributed by atoms with E-state index in [0.717, 1.165) is 60.0 Å². The molecule has 0 spiro atoms. The molecule has 7 heteroatoms. The minimum Gasteiger partial charge on any atom is -0.369 e. The average Bonchev–Trinajstić information content (AvgIpc) is 2.75. The van der Waals surface area contributed by atoms with Gasteiger partial charge in [0.2, 0.25) is 5.95 Å². The Labute approximate surface area is 195 Å². The smallest absolute Gasteiger partial charge is 0.229 e. The number of hydrogen-bond donors (Lipinski definition) is 1. The van der Waals surface area contributed by atoms with Crippen molar-refractivity contribution in [3.8, 4) is 0 Å². The van der Waals surface area contributed by atoms with Crippen molar-refractivity contribution in [1.29, 1.82) is 0 Å². The van der Waals surface area contributed by atoms with Crippen LogP contribution in [0.1, 0.15) is 39.0 Å². The van der Waals surface area contributed by atoms with Crippen molar-refractivity contribution >= 4 is 45.1 Å². The fourth-order valence-corrected chi connectivity index (χ4v) is 3.94. The summed E-state index contributed by atoms with van der Waals surface area (Å²) in [6.45, 7) is 16.2. The summed E-state index contributed by atoms with van der Waals surface area (Å²) in [6, 6.07) is 8.93. The van der Waals surface area contributed by atoms with Gasteiger partial charge in [0, 0.05) is 56.2 Å². The maximum atomic E-state index is 4.86. The highest BCUT2D eigenvalue weighted by molar-refractivity contribution is 9.11. The number of aromatic nitrogens is 2. The number of piperazine rings is 1. The SMILES string of the molecule is CCN1CCN(c2ccc(Nc3nc(C)c(/C=C(\C)Br)c(N(C)C(C)C)n3)cc2)CC1. The van der Waals surface area contributed by atoms with Crippen molar-refractivity contribution < 1.29 is 0 Å². The van der Waals surface area contributed by atoms with E-state index in [1.165, 1.54) is 5.69 Å². The van der Waals surface area contributed by atoms with Crippen LogP contribution in [-0.4, -0.2) is 60.7 Å². The first-order chi connectivity index (χ1) is 14.8. The van der Waals surface area contributed by atoms with Crippen molar-refractivity contribution in [1.82, 2.24) is 14.9 Å². The van der Waals surface area contributed by atoms with E-state index in [1.54, 1.807) is 0 Å². The molecule has 1 aliphatic heterocycles. The third-order valence-corrected chi connectivity index (χ3v) is 6.11. The number of halogens is 1. The molecule has 0 bridgehead atoms. The third kappa shape index (κ3) is 5.98. The molecule has 1 aliphatic rings.